The summed E-state index contributed by atoms with van der Waals surface area (Å²) in [5, 5.41) is 14.2. The SMILES string of the molecule is CCc1ccc([C@H](C)NC(=O)COC(=O)c2cc3cc([N+](=O)[O-])ccc3s2)cc1. The van der Waals surface area contributed by atoms with Crippen molar-refractivity contribution in [2.24, 2.45) is 0 Å². The molecule has 0 aliphatic heterocycles. The van der Waals surface area contributed by atoms with E-state index in [2.05, 4.69) is 12.2 Å². The molecule has 0 bridgehead atoms. The normalized spacial score (nSPS) is 11.8. The third-order valence-electron chi connectivity index (χ3n) is 4.51. The van der Waals surface area contributed by atoms with Crippen molar-refractivity contribution in [2.75, 3.05) is 6.61 Å². The monoisotopic (exact) mass is 412 g/mol. The summed E-state index contributed by atoms with van der Waals surface area (Å²) in [6.45, 7) is 3.54. The highest BCUT2D eigenvalue weighted by Crippen LogP contribution is 2.29. The number of nitro benzene ring substituents is 1. The second kappa shape index (κ2) is 8.83. The Morgan fingerprint density at radius 2 is 1.90 bits per heavy atom. The van der Waals surface area contributed by atoms with E-state index in [4.69, 9.17) is 4.74 Å². The number of amides is 1. The van der Waals surface area contributed by atoms with Crippen LogP contribution >= 0.6 is 11.3 Å². The van der Waals surface area contributed by atoms with Crippen LogP contribution in [0.1, 0.15) is 40.7 Å². The number of nitrogens with zero attached hydrogens (tertiary/aromatic N) is 1. The molecule has 7 nitrogen and oxygen atoms in total. The zero-order valence-electron chi connectivity index (χ0n) is 16.0. The summed E-state index contributed by atoms with van der Waals surface area (Å²) < 4.78 is 5.83. The first-order chi connectivity index (χ1) is 13.9. The van der Waals surface area contributed by atoms with E-state index in [1.54, 1.807) is 6.07 Å². The number of esters is 1. The number of nitrogens with one attached hydrogen (secondary N) is 1. The van der Waals surface area contributed by atoms with Crippen LogP contribution in [-0.2, 0) is 16.0 Å². The van der Waals surface area contributed by atoms with Gasteiger partial charge in [-0.3, -0.25) is 14.9 Å². The van der Waals surface area contributed by atoms with Crippen LogP contribution in [0.25, 0.3) is 10.1 Å². The molecule has 0 fully saturated rings. The van der Waals surface area contributed by atoms with Crippen LogP contribution in [-0.4, -0.2) is 23.4 Å². The minimum atomic E-state index is -0.635. The van der Waals surface area contributed by atoms with E-state index in [0.717, 1.165) is 28.0 Å². The molecule has 3 aromatic rings. The lowest BCUT2D eigenvalue weighted by Gasteiger charge is -2.14. The smallest absolute Gasteiger partial charge is 0.348 e. The molecule has 0 unspecified atom stereocenters. The number of nitro groups is 1. The number of non-ortho nitro benzene ring substituents is 1. The number of carbonyl (C=O) groups excluding carboxylic acids is 2. The summed E-state index contributed by atoms with van der Waals surface area (Å²) in [4.78, 5) is 35.0. The first-order valence-electron chi connectivity index (χ1n) is 9.10. The Morgan fingerprint density at radius 3 is 2.55 bits per heavy atom. The maximum absolute atomic E-state index is 12.2. The number of benzene rings is 2. The van der Waals surface area contributed by atoms with Gasteiger partial charge in [-0.15, -0.1) is 11.3 Å². The van der Waals surface area contributed by atoms with E-state index in [9.17, 15) is 19.7 Å². The van der Waals surface area contributed by atoms with Crippen molar-refractivity contribution in [1.82, 2.24) is 5.32 Å². The molecule has 0 aliphatic carbocycles. The molecule has 29 heavy (non-hydrogen) atoms. The Hall–Kier alpha value is -3.26. The fourth-order valence-electron chi connectivity index (χ4n) is 2.86. The summed E-state index contributed by atoms with van der Waals surface area (Å²) in [6.07, 6.45) is 0.946. The summed E-state index contributed by atoms with van der Waals surface area (Å²) in [5.74, 6) is -1.04. The molecule has 1 amide bonds. The maximum Gasteiger partial charge on any atom is 0.348 e. The van der Waals surface area contributed by atoms with Crippen molar-refractivity contribution in [3.8, 4) is 0 Å². The zero-order chi connectivity index (χ0) is 21.0. The minimum Gasteiger partial charge on any atom is -0.451 e. The Bertz CT molecular complexity index is 1060. The highest BCUT2D eigenvalue weighted by molar-refractivity contribution is 7.20. The predicted octanol–water partition coefficient (Wildman–Crippen LogP) is 4.41. The van der Waals surface area contributed by atoms with Crippen molar-refractivity contribution in [3.63, 3.8) is 0 Å². The van der Waals surface area contributed by atoms with E-state index in [0.29, 0.717) is 5.39 Å². The van der Waals surface area contributed by atoms with Crippen molar-refractivity contribution in [3.05, 3.63) is 74.6 Å². The van der Waals surface area contributed by atoms with Crippen LogP contribution in [0.3, 0.4) is 0 Å². The number of aryl methyl sites for hydroxylation is 1. The third-order valence-corrected chi connectivity index (χ3v) is 5.61. The number of carbonyl (C=O) groups is 2. The maximum atomic E-state index is 12.2. The van der Waals surface area contributed by atoms with Gasteiger partial charge in [0.2, 0.25) is 0 Å². The van der Waals surface area contributed by atoms with Gasteiger partial charge in [-0.05, 0) is 36.6 Å². The molecule has 0 saturated heterocycles. The Kier molecular flexibility index (Phi) is 6.23. The lowest BCUT2D eigenvalue weighted by molar-refractivity contribution is -0.384. The number of thiophene rings is 1. The van der Waals surface area contributed by atoms with Crippen molar-refractivity contribution in [1.29, 1.82) is 0 Å². The highest BCUT2D eigenvalue weighted by atomic mass is 32.1. The van der Waals surface area contributed by atoms with Gasteiger partial charge >= 0.3 is 5.97 Å². The Labute approximate surface area is 171 Å². The van der Waals surface area contributed by atoms with Crippen LogP contribution in [0, 0.1) is 10.1 Å². The zero-order valence-corrected chi connectivity index (χ0v) is 16.8. The van der Waals surface area contributed by atoms with Gasteiger partial charge in [0.25, 0.3) is 11.6 Å². The van der Waals surface area contributed by atoms with Gasteiger partial charge in [0.05, 0.1) is 11.0 Å². The van der Waals surface area contributed by atoms with Gasteiger partial charge < -0.3 is 10.1 Å². The topological polar surface area (TPSA) is 98.5 Å². The summed E-state index contributed by atoms with van der Waals surface area (Å²) >= 11 is 1.16. The molecule has 150 valence electrons. The second-order valence-corrected chi connectivity index (χ2v) is 7.63. The van der Waals surface area contributed by atoms with Gasteiger partial charge in [0.15, 0.2) is 6.61 Å². The van der Waals surface area contributed by atoms with Gasteiger partial charge in [-0.25, -0.2) is 4.79 Å². The molecule has 1 aromatic heterocycles. The first kappa shape index (κ1) is 20.5. The predicted molar refractivity (Wildman–Crippen MR) is 111 cm³/mol. The fraction of sp³-hybridized carbons (Fsp3) is 0.238. The summed E-state index contributed by atoms with van der Waals surface area (Å²) in [7, 11) is 0. The lowest BCUT2D eigenvalue weighted by Crippen LogP contribution is -2.31. The lowest BCUT2D eigenvalue weighted by atomic mass is 10.1. The Balaban J connectivity index is 1.57. The van der Waals surface area contributed by atoms with Crippen LogP contribution < -0.4 is 5.32 Å². The molecule has 0 radical (unpaired) electrons. The number of hydrogen-bond acceptors (Lipinski definition) is 6. The van der Waals surface area contributed by atoms with Gasteiger partial charge in [0.1, 0.15) is 4.88 Å². The standard InChI is InChI=1S/C21H20N2O5S/c1-3-14-4-6-15(7-5-14)13(2)22-20(24)12-28-21(25)19-11-16-10-17(23(26)27)8-9-18(16)29-19/h4-11,13H,3,12H2,1-2H3,(H,22,24)/t13-/m0/s1. The van der Waals surface area contributed by atoms with E-state index < -0.39 is 23.4 Å². The number of rotatable bonds is 7. The van der Waals surface area contributed by atoms with Crippen molar-refractivity contribution < 1.29 is 19.2 Å². The van der Waals surface area contributed by atoms with E-state index >= 15 is 0 Å². The van der Waals surface area contributed by atoms with Gasteiger partial charge in [-0.1, -0.05) is 31.2 Å². The molecule has 0 aliphatic rings. The van der Waals surface area contributed by atoms with Crippen molar-refractivity contribution >= 4 is 39.0 Å². The molecule has 8 heteroatoms. The molecule has 1 heterocycles. The molecular weight excluding hydrogens is 392 g/mol. The second-order valence-electron chi connectivity index (χ2n) is 6.55. The average molecular weight is 412 g/mol. The minimum absolute atomic E-state index is 0.0458. The van der Waals surface area contributed by atoms with Gasteiger partial charge in [-0.2, -0.15) is 0 Å². The largest absolute Gasteiger partial charge is 0.451 e. The molecular formula is C21H20N2O5S. The Morgan fingerprint density at radius 1 is 1.17 bits per heavy atom. The quantitative estimate of drug-likeness (QED) is 0.352. The molecule has 2 aromatic carbocycles. The van der Waals surface area contributed by atoms with Crippen LogP contribution in [0.5, 0.6) is 0 Å². The van der Waals surface area contributed by atoms with Crippen LogP contribution in [0.15, 0.2) is 48.5 Å². The van der Waals surface area contributed by atoms with Crippen molar-refractivity contribution in [2.45, 2.75) is 26.3 Å². The molecule has 0 saturated carbocycles. The molecule has 1 N–H and O–H groups in total. The first-order valence-corrected chi connectivity index (χ1v) is 9.92. The highest BCUT2D eigenvalue weighted by Gasteiger charge is 2.16. The van der Waals surface area contributed by atoms with Gasteiger partial charge in [0, 0.05) is 22.2 Å². The fourth-order valence-corrected chi connectivity index (χ4v) is 3.79. The molecule has 1 atom stereocenters. The van der Waals surface area contributed by atoms with E-state index in [1.807, 2.05) is 31.2 Å². The molecule has 3 rings (SSSR count). The number of ether oxygens (including phenoxy) is 1. The van der Waals surface area contributed by atoms with E-state index in [-0.39, 0.29) is 16.6 Å². The van der Waals surface area contributed by atoms with Crippen LogP contribution in [0.4, 0.5) is 5.69 Å². The average Bonchev–Trinajstić information content (AvgIpc) is 3.15. The summed E-state index contributed by atoms with van der Waals surface area (Å²) in [6, 6.07) is 13.7. The van der Waals surface area contributed by atoms with Crippen LogP contribution in [0.2, 0.25) is 0 Å². The number of hydrogen-bond donors (Lipinski definition) is 1. The third kappa shape index (κ3) is 4.97. The van der Waals surface area contributed by atoms with E-state index in [1.165, 1.54) is 23.8 Å². The summed E-state index contributed by atoms with van der Waals surface area (Å²) in [5.41, 5.74) is 2.14. The molecule has 0 spiro atoms. The number of fused-ring (bicyclic) bond motifs is 1.